The zero-order chi connectivity index (χ0) is 21.5. The number of aliphatic hydroxyl groups is 1. The summed E-state index contributed by atoms with van der Waals surface area (Å²) in [5.74, 6) is 1.01. The summed E-state index contributed by atoms with van der Waals surface area (Å²) >= 11 is 0. The van der Waals surface area contributed by atoms with Crippen LogP contribution in [0.2, 0.25) is 0 Å². The summed E-state index contributed by atoms with van der Waals surface area (Å²) in [6.07, 6.45) is 0.293. The van der Waals surface area contributed by atoms with Crippen molar-refractivity contribution in [3.8, 4) is 11.5 Å². The molecule has 0 saturated heterocycles. The van der Waals surface area contributed by atoms with Crippen molar-refractivity contribution in [2.75, 3.05) is 26.9 Å². The molecule has 1 aliphatic heterocycles. The number of nitrogens with zero attached hydrogens (tertiary/aromatic N) is 1. The Balaban J connectivity index is 1.78. The van der Waals surface area contributed by atoms with Gasteiger partial charge in [0.05, 0.1) is 19.8 Å². The van der Waals surface area contributed by atoms with Gasteiger partial charge in [0.2, 0.25) is 6.41 Å². The second-order valence-electron chi connectivity index (χ2n) is 6.64. The van der Waals surface area contributed by atoms with Crippen LogP contribution in [0.25, 0.3) is 0 Å². The van der Waals surface area contributed by atoms with Gasteiger partial charge in [-0.3, -0.25) is 14.9 Å². The van der Waals surface area contributed by atoms with Crippen molar-refractivity contribution < 1.29 is 29.0 Å². The van der Waals surface area contributed by atoms with Crippen molar-refractivity contribution in [1.82, 2.24) is 15.5 Å². The number of hydrogen-bond acceptors (Lipinski definition) is 6. The van der Waals surface area contributed by atoms with E-state index in [1.165, 1.54) is 0 Å². The number of methoxy groups -OCH3 is 1. The van der Waals surface area contributed by atoms with E-state index in [1.807, 2.05) is 6.07 Å². The SMILES string of the molecule is COc1ccc2c(c1)C(=O)N(C[C@H](NC(=O)NC=O)c1ccc(OCCO)cc1)C2. The summed E-state index contributed by atoms with van der Waals surface area (Å²) in [5.41, 5.74) is 2.18. The lowest BCUT2D eigenvalue weighted by molar-refractivity contribution is -0.108. The van der Waals surface area contributed by atoms with E-state index in [9.17, 15) is 14.4 Å². The molecule has 4 amide bonds. The number of ether oxygens (including phenoxy) is 2. The van der Waals surface area contributed by atoms with Gasteiger partial charge in [0.1, 0.15) is 18.1 Å². The summed E-state index contributed by atoms with van der Waals surface area (Å²) in [7, 11) is 1.54. The predicted octanol–water partition coefficient (Wildman–Crippen LogP) is 1.22. The van der Waals surface area contributed by atoms with Crippen LogP contribution in [0.1, 0.15) is 27.5 Å². The monoisotopic (exact) mass is 413 g/mol. The number of rotatable bonds is 9. The first-order valence-corrected chi connectivity index (χ1v) is 9.36. The highest BCUT2D eigenvalue weighted by molar-refractivity contribution is 5.98. The molecule has 2 aromatic carbocycles. The van der Waals surface area contributed by atoms with Gasteiger partial charge in [-0.1, -0.05) is 18.2 Å². The molecule has 1 aliphatic rings. The van der Waals surface area contributed by atoms with Gasteiger partial charge in [-0.2, -0.15) is 0 Å². The Hall–Kier alpha value is -3.59. The van der Waals surface area contributed by atoms with Crippen molar-refractivity contribution in [2.45, 2.75) is 12.6 Å². The minimum Gasteiger partial charge on any atom is -0.497 e. The molecule has 1 atom stereocenters. The van der Waals surface area contributed by atoms with Gasteiger partial charge >= 0.3 is 6.03 Å². The maximum atomic E-state index is 12.9. The number of nitrogens with one attached hydrogen (secondary N) is 2. The Bertz CT molecular complexity index is 915. The number of amides is 4. The van der Waals surface area contributed by atoms with Crippen LogP contribution in [0, 0.1) is 0 Å². The van der Waals surface area contributed by atoms with Crippen molar-refractivity contribution in [1.29, 1.82) is 0 Å². The third-order valence-electron chi connectivity index (χ3n) is 4.74. The second-order valence-corrected chi connectivity index (χ2v) is 6.64. The molecule has 0 spiro atoms. The van der Waals surface area contributed by atoms with Crippen LogP contribution < -0.4 is 20.1 Å². The molecule has 30 heavy (non-hydrogen) atoms. The van der Waals surface area contributed by atoms with E-state index in [2.05, 4.69) is 10.6 Å². The highest BCUT2D eigenvalue weighted by atomic mass is 16.5. The molecule has 0 bridgehead atoms. The molecule has 3 rings (SSSR count). The van der Waals surface area contributed by atoms with E-state index >= 15 is 0 Å². The van der Waals surface area contributed by atoms with Gasteiger partial charge in [-0.15, -0.1) is 0 Å². The minimum atomic E-state index is -0.665. The maximum absolute atomic E-state index is 12.9. The van der Waals surface area contributed by atoms with Crippen LogP contribution in [0.3, 0.4) is 0 Å². The molecular formula is C21H23N3O6. The Morgan fingerprint density at radius 1 is 1.23 bits per heavy atom. The number of aliphatic hydroxyl groups excluding tert-OH is 1. The van der Waals surface area contributed by atoms with E-state index in [0.29, 0.717) is 30.0 Å². The van der Waals surface area contributed by atoms with Gasteiger partial charge in [-0.05, 0) is 35.4 Å². The van der Waals surface area contributed by atoms with Crippen LogP contribution in [0.5, 0.6) is 11.5 Å². The van der Waals surface area contributed by atoms with Crippen LogP contribution in [0.15, 0.2) is 42.5 Å². The van der Waals surface area contributed by atoms with Crippen molar-refractivity contribution in [3.63, 3.8) is 0 Å². The highest BCUT2D eigenvalue weighted by Crippen LogP contribution is 2.29. The van der Waals surface area contributed by atoms with Crippen LogP contribution in [-0.4, -0.2) is 55.2 Å². The summed E-state index contributed by atoms with van der Waals surface area (Å²) < 4.78 is 10.5. The molecule has 158 valence electrons. The zero-order valence-electron chi connectivity index (χ0n) is 16.5. The predicted molar refractivity (Wildman–Crippen MR) is 107 cm³/mol. The molecule has 0 radical (unpaired) electrons. The van der Waals surface area contributed by atoms with E-state index < -0.39 is 12.1 Å². The number of urea groups is 1. The molecule has 2 aromatic rings. The summed E-state index contributed by atoms with van der Waals surface area (Å²) in [6, 6.07) is 11.1. The van der Waals surface area contributed by atoms with Crippen LogP contribution in [-0.2, 0) is 11.3 Å². The highest BCUT2D eigenvalue weighted by Gasteiger charge is 2.30. The largest absolute Gasteiger partial charge is 0.497 e. The molecule has 9 nitrogen and oxygen atoms in total. The van der Waals surface area contributed by atoms with Crippen molar-refractivity contribution >= 4 is 18.3 Å². The first-order chi connectivity index (χ1) is 14.5. The van der Waals surface area contributed by atoms with Gasteiger partial charge in [-0.25, -0.2) is 4.79 Å². The number of carbonyl (C=O) groups excluding carboxylic acids is 3. The standard InChI is InChI=1S/C21H23N3O6/c1-29-17-7-4-15-11-24(20(27)18(15)10-17)12-19(23-21(28)22-13-26)14-2-5-16(6-3-14)30-9-8-25/h2-7,10,13,19,25H,8-9,11-12H2,1H3,(H2,22,23,26,28)/t19-/m0/s1. The van der Waals surface area contributed by atoms with Crippen molar-refractivity contribution in [3.05, 3.63) is 59.2 Å². The molecule has 1 heterocycles. The van der Waals surface area contributed by atoms with Crippen molar-refractivity contribution in [2.24, 2.45) is 0 Å². The fraction of sp³-hybridized carbons (Fsp3) is 0.286. The molecule has 0 aromatic heterocycles. The molecular weight excluding hydrogens is 390 g/mol. The van der Waals surface area contributed by atoms with Gasteiger partial charge < -0.3 is 24.8 Å². The topological polar surface area (TPSA) is 117 Å². The summed E-state index contributed by atoms with van der Waals surface area (Å²) in [4.78, 5) is 37.1. The minimum absolute atomic E-state index is 0.0970. The zero-order valence-corrected chi connectivity index (χ0v) is 16.5. The average Bonchev–Trinajstić information content (AvgIpc) is 3.07. The van der Waals surface area contributed by atoms with E-state index in [1.54, 1.807) is 48.4 Å². The van der Waals surface area contributed by atoms with Gasteiger partial charge in [0, 0.05) is 18.7 Å². The maximum Gasteiger partial charge on any atom is 0.321 e. The molecule has 9 heteroatoms. The Morgan fingerprint density at radius 2 is 1.97 bits per heavy atom. The molecule has 0 aliphatic carbocycles. The van der Waals surface area contributed by atoms with Gasteiger partial charge in [0.15, 0.2) is 0 Å². The fourth-order valence-corrected chi connectivity index (χ4v) is 3.28. The third-order valence-corrected chi connectivity index (χ3v) is 4.74. The number of hydrogen-bond donors (Lipinski definition) is 3. The lowest BCUT2D eigenvalue weighted by Gasteiger charge is -2.25. The Labute approximate surface area is 173 Å². The first-order valence-electron chi connectivity index (χ1n) is 9.36. The third kappa shape index (κ3) is 4.87. The summed E-state index contributed by atoms with van der Waals surface area (Å²) in [6.45, 7) is 0.690. The summed E-state index contributed by atoms with van der Waals surface area (Å²) in [5, 5.41) is 13.6. The van der Waals surface area contributed by atoms with Crippen LogP contribution >= 0.6 is 0 Å². The average molecular weight is 413 g/mol. The molecule has 0 saturated carbocycles. The van der Waals surface area contributed by atoms with Crippen LogP contribution in [0.4, 0.5) is 4.79 Å². The molecule has 3 N–H and O–H groups in total. The number of imide groups is 1. The Morgan fingerprint density at radius 3 is 2.63 bits per heavy atom. The fourth-order valence-electron chi connectivity index (χ4n) is 3.28. The quantitative estimate of drug-likeness (QED) is 0.532. The number of fused-ring (bicyclic) bond motifs is 1. The lowest BCUT2D eigenvalue weighted by atomic mass is 10.1. The smallest absolute Gasteiger partial charge is 0.321 e. The lowest BCUT2D eigenvalue weighted by Crippen LogP contribution is -2.42. The van der Waals surface area contributed by atoms with Gasteiger partial charge in [0.25, 0.3) is 5.91 Å². The van der Waals surface area contributed by atoms with E-state index in [4.69, 9.17) is 14.6 Å². The number of benzene rings is 2. The Kier molecular flexibility index (Phi) is 6.87. The first kappa shape index (κ1) is 21.1. The molecule has 0 unspecified atom stereocenters. The normalized spacial score (nSPS) is 13.4. The second kappa shape index (κ2) is 9.75. The van der Waals surface area contributed by atoms with E-state index in [0.717, 1.165) is 11.1 Å². The number of carbonyl (C=O) groups is 3. The molecule has 0 fully saturated rings. The van der Waals surface area contributed by atoms with E-state index in [-0.39, 0.29) is 25.7 Å².